The minimum Gasteiger partial charge on any atom is -0.497 e. The van der Waals surface area contributed by atoms with Crippen molar-refractivity contribution in [1.82, 2.24) is 4.90 Å². The van der Waals surface area contributed by atoms with Crippen molar-refractivity contribution in [1.29, 1.82) is 0 Å². The van der Waals surface area contributed by atoms with E-state index >= 15 is 0 Å². The number of rotatable bonds is 6. The minimum atomic E-state index is -0.729. The number of nitrogens with zero attached hydrogens (tertiary/aromatic N) is 1. The molecule has 2 aromatic carbocycles. The van der Waals surface area contributed by atoms with Crippen LogP contribution in [-0.2, 0) is 4.79 Å². The van der Waals surface area contributed by atoms with E-state index in [0.29, 0.717) is 11.5 Å². The third-order valence-electron chi connectivity index (χ3n) is 4.66. The van der Waals surface area contributed by atoms with Gasteiger partial charge in [0.2, 0.25) is 5.91 Å². The highest BCUT2D eigenvalue weighted by atomic mass is 19.1. The van der Waals surface area contributed by atoms with Crippen LogP contribution in [-0.4, -0.2) is 38.1 Å². The topological polar surface area (TPSA) is 50.8 Å². The van der Waals surface area contributed by atoms with E-state index in [2.05, 4.69) is 5.32 Å². The first-order valence-corrected chi connectivity index (χ1v) is 8.72. The lowest BCUT2D eigenvalue weighted by atomic mass is 10.0. The van der Waals surface area contributed by atoms with E-state index < -0.39 is 11.6 Å². The maximum atomic E-state index is 13.3. The summed E-state index contributed by atoms with van der Waals surface area (Å²) in [5.74, 6) is -0.371. The summed E-state index contributed by atoms with van der Waals surface area (Å²) in [7, 11) is 3.19. The maximum absolute atomic E-state index is 13.3. The van der Waals surface area contributed by atoms with E-state index in [-0.39, 0.29) is 24.2 Å². The van der Waals surface area contributed by atoms with Crippen molar-refractivity contribution in [2.75, 3.05) is 32.6 Å². The Morgan fingerprint density at radius 1 is 1.15 bits per heavy atom. The lowest BCUT2D eigenvalue weighted by Gasteiger charge is -2.25. The molecule has 27 heavy (non-hydrogen) atoms. The van der Waals surface area contributed by atoms with Gasteiger partial charge in [0.15, 0.2) is 0 Å². The molecular weight excluding hydrogens is 354 g/mol. The van der Waals surface area contributed by atoms with Crippen LogP contribution in [0.25, 0.3) is 0 Å². The molecule has 2 aromatic rings. The molecule has 0 spiro atoms. The minimum absolute atomic E-state index is 0.0286. The molecule has 1 N–H and O–H groups in total. The van der Waals surface area contributed by atoms with Gasteiger partial charge in [0, 0.05) is 29.4 Å². The van der Waals surface area contributed by atoms with E-state index in [0.717, 1.165) is 43.1 Å². The second-order valence-corrected chi connectivity index (χ2v) is 6.44. The molecule has 1 fully saturated rings. The normalized spacial score (nSPS) is 17.0. The molecular formula is C20H22F2N2O3. The van der Waals surface area contributed by atoms with Crippen molar-refractivity contribution in [2.24, 2.45) is 0 Å². The number of ether oxygens (including phenoxy) is 2. The summed E-state index contributed by atoms with van der Waals surface area (Å²) in [6, 6.07) is 8.61. The number of anilines is 1. The molecule has 0 bridgehead atoms. The highest BCUT2D eigenvalue weighted by molar-refractivity contribution is 5.92. The van der Waals surface area contributed by atoms with Gasteiger partial charge in [-0.15, -0.1) is 0 Å². The highest BCUT2D eigenvalue weighted by Gasteiger charge is 2.30. The number of likely N-dealkylation sites (tertiary alicyclic amines) is 1. The molecule has 0 aromatic heterocycles. The monoisotopic (exact) mass is 376 g/mol. The first-order valence-electron chi connectivity index (χ1n) is 8.72. The molecule has 1 aliphatic heterocycles. The first kappa shape index (κ1) is 19.1. The summed E-state index contributed by atoms with van der Waals surface area (Å²) >= 11 is 0. The van der Waals surface area contributed by atoms with Gasteiger partial charge in [0.25, 0.3) is 0 Å². The molecule has 1 saturated heterocycles. The molecule has 1 heterocycles. The standard InChI is InChI=1S/C20H22F2N2O3/c1-26-16-5-6-17(19(11-16)27-2)18-4-3-7-24(18)12-20(25)23-15-9-13(21)8-14(22)10-15/h5-6,8-11,18H,3-4,7,12H2,1-2H3,(H,23,25)/t18-/m0/s1. The van der Waals surface area contributed by atoms with Crippen LogP contribution in [0.3, 0.4) is 0 Å². The van der Waals surface area contributed by atoms with Gasteiger partial charge >= 0.3 is 0 Å². The van der Waals surface area contributed by atoms with Crippen LogP contribution in [0, 0.1) is 11.6 Å². The van der Waals surface area contributed by atoms with E-state index in [9.17, 15) is 13.6 Å². The second kappa shape index (κ2) is 8.35. The van der Waals surface area contributed by atoms with Gasteiger partial charge in [0.1, 0.15) is 23.1 Å². The average molecular weight is 376 g/mol. The molecule has 0 saturated carbocycles. The lowest BCUT2D eigenvalue weighted by Crippen LogP contribution is -2.33. The summed E-state index contributed by atoms with van der Waals surface area (Å²) in [5, 5.41) is 2.56. The Kier molecular flexibility index (Phi) is 5.91. The van der Waals surface area contributed by atoms with Gasteiger partial charge in [-0.25, -0.2) is 8.78 Å². The van der Waals surface area contributed by atoms with Crippen LogP contribution in [0.15, 0.2) is 36.4 Å². The van der Waals surface area contributed by atoms with E-state index in [4.69, 9.17) is 9.47 Å². The van der Waals surface area contributed by atoms with Gasteiger partial charge in [0.05, 0.1) is 20.8 Å². The summed E-state index contributed by atoms with van der Waals surface area (Å²) in [4.78, 5) is 14.4. The number of amides is 1. The molecule has 144 valence electrons. The number of carbonyl (C=O) groups is 1. The molecule has 1 atom stereocenters. The third kappa shape index (κ3) is 4.54. The summed E-state index contributed by atoms with van der Waals surface area (Å²) in [6.45, 7) is 0.878. The van der Waals surface area contributed by atoms with Gasteiger partial charge < -0.3 is 14.8 Å². The Morgan fingerprint density at radius 3 is 2.56 bits per heavy atom. The summed E-state index contributed by atoms with van der Waals surface area (Å²) < 4.78 is 37.3. The van der Waals surface area contributed by atoms with E-state index in [1.807, 2.05) is 23.1 Å². The summed E-state index contributed by atoms with van der Waals surface area (Å²) in [6.07, 6.45) is 1.84. The van der Waals surface area contributed by atoms with Crippen molar-refractivity contribution < 1.29 is 23.0 Å². The Morgan fingerprint density at radius 2 is 1.89 bits per heavy atom. The Labute approximate surface area is 156 Å². The van der Waals surface area contributed by atoms with Gasteiger partial charge in [-0.3, -0.25) is 9.69 Å². The second-order valence-electron chi connectivity index (χ2n) is 6.44. The van der Waals surface area contributed by atoms with E-state index in [1.54, 1.807) is 14.2 Å². The number of hydrogen-bond donors (Lipinski definition) is 1. The molecule has 7 heteroatoms. The number of benzene rings is 2. The third-order valence-corrected chi connectivity index (χ3v) is 4.66. The Bertz CT molecular complexity index is 809. The van der Waals surface area contributed by atoms with Gasteiger partial charge in [-0.05, 0) is 37.6 Å². The highest BCUT2D eigenvalue weighted by Crippen LogP contribution is 2.38. The van der Waals surface area contributed by atoms with Crippen LogP contribution in [0.1, 0.15) is 24.4 Å². The molecule has 3 rings (SSSR count). The number of methoxy groups -OCH3 is 2. The van der Waals surface area contributed by atoms with Crippen molar-refractivity contribution >= 4 is 11.6 Å². The van der Waals surface area contributed by atoms with E-state index in [1.165, 1.54) is 0 Å². The smallest absolute Gasteiger partial charge is 0.238 e. The predicted molar refractivity (Wildman–Crippen MR) is 98.1 cm³/mol. The Balaban J connectivity index is 1.72. The van der Waals surface area contributed by atoms with Crippen molar-refractivity contribution in [2.45, 2.75) is 18.9 Å². The van der Waals surface area contributed by atoms with Gasteiger partial charge in [-0.2, -0.15) is 0 Å². The molecule has 0 radical (unpaired) electrons. The summed E-state index contributed by atoms with van der Waals surface area (Å²) in [5.41, 5.74) is 1.09. The number of carbonyl (C=O) groups excluding carboxylic acids is 1. The SMILES string of the molecule is COc1ccc([C@@H]2CCCN2CC(=O)Nc2cc(F)cc(F)c2)c(OC)c1. The molecule has 0 unspecified atom stereocenters. The largest absolute Gasteiger partial charge is 0.497 e. The number of nitrogens with one attached hydrogen (secondary N) is 1. The maximum Gasteiger partial charge on any atom is 0.238 e. The molecule has 5 nitrogen and oxygen atoms in total. The van der Waals surface area contributed by atoms with Crippen molar-refractivity contribution in [3.63, 3.8) is 0 Å². The molecule has 0 aliphatic carbocycles. The quantitative estimate of drug-likeness (QED) is 0.834. The zero-order valence-electron chi connectivity index (χ0n) is 15.3. The van der Waals surface area contributed by atoms with Gasteiger partial charge in [-0.1, -0.05) is 6.07 Å². The van der Waals surface area contributed by atoms with Crippen LogP contribution >= 0.6 is 0 Å². The van der Waals surface area contributed by atoms with Crippen LogP contribution in [0.2, 0.25) is 0 Å². The fraction of sp³-hybridized carbons (Fsp3) is 0.350. The lowest BCUT2D eigenvalue weighted by molar-refractivity contribution is -0.117. The van der Waals surface area contributed by atoms with Crippen LogP contribution in [0.4, 0.5) is 14.5 Å². The van der Waals surface area contributed by atoms with Crippen LogP contribution in [0.5, 0.6) is 11.5 Å². The zero-order valence-corrected chi connectivity index (χ0v) is 15.3. The predicted octanol–water partition coefficient (Wildman–Crippen LogP) is 3.76. The molecule has 1 aliphatic rings. The first-order chi connectivity index (χ1) is 13.0. The Hall–Kier alpha value is -2.67. The molecule has 1 amide bonds. The fourth-order valence-corrected chi connectivity index (χ4v) is 3.47. The zero-order chi connectivity index (χ0) is 19.4. The number of halogens is 2. The van der Waals surface area contributed by atoms with Crippen molar-refractivity contribution in [3.05, 3.63) is 53.6 Å². The number of hydrogen-bond acceptors (Lipinski definition) is 4. The fourth-order valence-electron chi connectivity index (χ4n) is 3.47. The van der Waals surface area contributed by atoms with Crippen LogP contribution < -0.4 is 14.8 Å². The average Bonchev–Trinajstić information content (AvgIpc) is 3.07. The van der Waals surface area contributed by atoms with Crippen molar-refractivity contribution in [3.8, 4) is 11.5 Å².